The van der Waals surface area contributed by atoms with Gasteiger partial charge in [-0.1, -0.05) is 18.2 Å². The molecule has 4 rings (SSSR count). The molecule has 2 aliphatic heterocycles. The lowest BCUT2D eigenvalue weighted by atomic mass is 10.1. The summed E-state index contributed by atoms with van der Waals surface area (Å²) in [6, 6.07) is 13.6. The molecule has 3 amide bonds. The number of urea groups is 1. The quantitative estimate of drug-likeness (QED) is 0.785. The van der Waals surface area contributed by atoms with Crippen LogP contribution in [0.1, 0.15) is 27.2 Å². The number of nitrogens with zero attached hydrogens (tertiary/aromatic N) is 4. The van der Waals surface area contributed by atoms with Gasteiger partial charge in [-0.3, -0.25) is 4.90 Å². The van der Waals surface area contributed by atoms with E-state index in [1.807, 2.05) is 63.2 Å². The number of rotatable bonds is 3. The van der Waals surface area contributed by atoms with Gasteiger partial charge in [0.15, 0.2) is 0 Å². The third kappa shape index (κ3) is 4.95. The minimum atomic E-state index is -0.506. The van der Waals surface area contributed by atoms with Crippen LogP contribution in [0.4, 0.5) is 26.8 Å². The van der Waals surface area contributed by atoms with Crippen molar-refractivity contribution in [2.24, 2.45) is 5.92 Å². The summed E-state index contributed by atoms with van der Waals surface area (Å²) in [5, 5.41) is 3.07. The minimum absolute atomic E-state index is 0.117. The highest BCUT2D eigenvalue weighted by Gasteiger charge is 2.31. The van der Waals surface area contributed by atoms with E-state index in [4.69, 9.17) is 4.74 Å². The van der Waals surface area contributed by atoms with Crippen LogP contribution >= 0.6 is 0 Å². The normalized spacial score (nSPS) is 18.3. The number of benzene rings is 1. The van der Waals surface area contributed by atoms with E-state index in [1.54, 1.807) is 16.0 Å². The average molecular weight is 438 g/mol. The first-order chi connectivity index (χ1) is 15.3. The summed E-state index contributed by atoms with van der Waals surface area (Å²) in [6.45, 7) is 8.60. The number of anilines is 3. The maximum atomic E-state index is 13.0. The number of carbonyl (C=O) groups excluding carboxylic acids is 2. The van der Waals surface area contributed by atoms with E-state index in [-0.39, 0.29) is 18.0 Å². The summed E-state index contributed by atoms with van der Waals surface area (Å²) in [6.07, 6.45) is 2.34. The van der Waals surface area contributed by atoms with Crippen molar-refractivity contribution in [2.75, 3.05) is 42.5 Å². The van der Waals surface area contributed by atoms with Gasteiger partial charge in [0, 0.05) is 38.9 Å². The van der Waals surface area contributed by atoms with Crippen LogP contribution in [0.2, 0.25) is 0 Å². The van der Waals surface area contributed by atoms with Gasteiger partial charge in [-0.2, -0.15) is 0 Å². The van der Waals surface area contributed by atoms with Gasteiger partial charge in [0.25, 0.3) is 0 Å². The van der Waals surface area contributed by atoms with Gasteiger partial charge in [0.1, 0.15) is 11.4 Å². The molecule has 2 aliphatic rings. The number of nitrogens with one attached hydrogen (secondary N) is 1. The Bertz CT molecular complexity index is 960. The first kappa shape index (κ1) is 21.9. The van der Waals surface area contributed by atoms with Crippen LogP contribution in [0, 0.1) is 5.92 Å². The van der Waals surface area contributed by atoms with E-state index in [0.717, 1.165) is 23.6 Å². The Hall–Kier alpha value is -3.29. The third-order valence-corrected chi connectivity index (χ3v) is 5.66. The van der Waals surface area contributed by atoms with Gasteiger partial charge >= 0.3 is 12.1 Å². The lowest BCUT2D eigenvalue weighted by molar-refractivity contribution is 0.0288. The smallest absolute Gasteiger partial charge is 0.410 e. The first-order valence-corrected chi connectivity index (χ1v) is 11.1. The molecule has 2 aromatic rings. The van der Waals surface area contributed by atoms with Gasteiger partial charge in [-0.25, -0.2) is 14.6 Å². The van der Waals surface area contributed by atoms with Crippen LogP contribution in [-0.2, 0) is 4.74 Å². The largest absolute Gasteiger partial charge is 0.444 e. The molecular formula is C24H31N5O3. The molecule has 170 valence electrons. The second kappa shape index (κ2) is 9.06. The zero-order valence-corrected chi connectivity index (χ0v) is 19.0. The van der Waals surface area contributed by atoms with Crippen molar-refractivity contribution >= 4 is 29.3 Å². The Labute approximate surface area is 189 Å². The number of aromatic nitrogens is 1. The van der Waals surface area contributed by atoms with E-state index in [9.17, 15) is 9.59 Å². The van der Waals surface area contributed by atoms with Crippen molar-refractivity contribution in [3.05, 3.63) is 48.7 Å². The van der Waals surface area contributed by atoms with E-state index in [1.165, 1.54) is 0 Å². The predicted molar refractivity (Wildman–Crippen MR) is 124 cm³/mol. The van der Waals surface area contributed by atoms with Gasteiger partial charge in [0.2, 0.25) is 0 Å². The summed E-state index contributed by atoms with van der Waals surface area (Å²) >= 11 is 0. The fourth-order valence-electron chi connectivity index (χ4n) is 4.14. The van der Waals surface area contributed by atoms with Crippen molar-refractivity contribution < 1.29 is 14.3 Å². The van der Waals surface area contributed by atoms with Gasteiger partial charge in [-0.05, 0) is 57.4 Å². The number of carbonyl (C=O) groups is 2. The maximum Gasteiger partial charge on any atom is 0.410 e. The minimum Gasteiger partial charge on any atom is -0.444 e. The Kier molecular flexibility index (Phi) is 6.21. The zero-order valence-electron chi connectivity index (χ0n) is 19.0. The van der Waals surface area contributed by atoms with Crippen molar-refractivity contribution in [1.82, 2.24) is 15.2 Å². The Morgan fingerprint density at radius 3 is 2.53 bits per heavy atom. The summed E-state index contributed by atoms with van der Waals surface area (Å²) in [5.41, 5.74) is 1.32. The van der Waals surface area contributed by atoms with Crippen molar-refractivity contribution in [2.45, 2.75) is 32.8 Å². The number of para-hydroxylation sites is 2. The third-order valence-electron chi connectivity index (χ3n) is 5.66. The molecule has 1 N–H and O–H groups in total. The van der Waals surface area contributed by atoms with Crippen LogP contribution in [-0.4, -0.2) is 60.3 Å². The number of ether oxygens (including phenoxy) is 1. The molecule has 0 saturated carbocycles. The molecule has 8 nitrogen and oxygen atoms in total. The van der Waals surface area contributed by atoms with E-state index in [0.29, 0.717) is 32.7 Å². The predicted octanol–water partition coefficient (Wildman–Crippen LogP) is 4.01. The van der Waals surface area contributed by atoms with Crippen molar-refractivity contribution in [3.63, 3.8) is 0 Å². The lowest BCUT2D eigenvalue weighted by Crippen LogP contribution is -2.48. The molecule has 1 atom stereocenters. The second-order valence-electron chi connectivity index (χ2n) is 9.25. The Morgan fingerprint density at radius 2 is 1.81 bits per heavy atom. The standard InChI is InChI=1S/C24H31N5O3/c1-24(2,3)32-23(31)27-13-11-18(17-27)16-26-22(30)29-15-14-28(21-10-6-7-12-25-21)19-8-4-5-9-20(19)29/h4-10,12,18H,11,13-17H2,1-3H3,(H,26,30)/t18-/m1/s1. The van der Waals surface area contributed by atoms with E-state index < -0.39 is 5.60 Å². The topological polar surface area (TPSA) is 78.0 Å². The average Bonchev–Trinajstić information content (AvgIpc) is 3.25. The van der Waals surface area contributed by atoms with Crippen LogP contribution in [0.25, 0.3) is 0 Å². The number of hydrogen-bond acceptors (Lipinski definition) is 5. The van der Waals surface area contributed by atoms with Crippen molar-refractivity contribution in [3.8, 4) is 0 Å². The van der Waals surface area contributed by atoms with E-state index in [2.05, 4.69) is 15.2 Å². The highest BCUT2D eigenvalue weighted by Crippen LogP contribution is 2.36. The van der Waals surface area contributed by atoms with Gasteiger partial charge in [0.05, 0.1) is 11.4 Å². The summed E-state index contributed by atoms with van der Waals surface area (Å²) < 4.78 is 5.46. The molecule has 0 unspecified atom stereocenters. The highest BCUT2D eigenvalue weighted by atomic mass is 16.6. The lowest BCUT2D eigenvalue weighted by Gasteiger charge is -2.37. The van der Waals surface area contributed by atoms with Crippen LogP contribution < -0.4 is 15.1 Å². The summed E-state index contributed by atoms with van der Waals surface area (Å²) in [7, 11) is 0. The molecule has 8 heteroatoms. The van der Waals surface area contributed by atoms with Crippen molar-refractivity contribution in [1.29, 1.82) is 0 Å². The molecule has 1 aromatic carbocycles. The maximum absolute atomic E-state index is 13.0. The molecule has 1 aromatic heterocycles. The van der Waals surface area contributed by atoms with E-state index >= 15 is 0 Å². The number of pyridine rings is 1. The SMILES string of the molecule is CC(C)(C)OC(=O)N1CC[C@H](CNC(=O)N2CCN(c3ccccn3)c3ccccc32)C1. The fourth-order valence-corrected chi connectivity index (χ4v) is 4.14. The van der Waals surface area contributed by atoms with Crippen LogP contribution in [0.3, 0.4) is 0 Å². The first-order valence-electron chi connectivity index (χ1n) is 11.1. The number of fused-ring (bicyclic) bond motifs is 1. The molecular weight excluding hydrogens is 406 g/mol. The molecule has 0 spiro atoms. The Morgan fingerprint density at radius 1 is 1.06 bits per heavy atom. The molecule has 0 bridgehead atoms. The van der Waals surface area contributed by atoms with Crippen LogP contribution in [0.15, 0.2) is 48.7 Å². The second-order valence-corrected chi connectivity index (χ2v) is 9.25. The molecule has 1 saturated heterocycles. The van der Waals surface area contributed by atoms with Gasteiger partial charge in [-0.15, -0.1) is 0 Å². The number of likely N-dealkylation sites (tertiary alicyclic amines) is 1. The number of amides is 3. The Balaban J connectivity index is 1.36. The van der Waals surface area contributed by atoms with Gasteiger partial charge < -0.3 is 19.9 Å². The summed E-state index contributed by atoms with van der Waals surface area (Å²) in [4.78, 5) is 35.4. The zero-order chi connectivity index (χ0) is 22.7. The molecule has 1 fully saturated rings. The fraction of sp³-hybridized carbons (Fsp3) is 0.458. The van der Waals surface area contributed by atoms with Crippen LogP contribution in [0.5, 0.6) is 0 Å². The molecule has 0 aliphatic carbocycles. The molecule has 32 heavy (non-hydrogen) atoms. The monoisotopic (exact) mass is 437 g/mol. The summed E-state index contributed by atoms with van der Waals surface area (Å²) in [5.74, 6) is 1.09. The number of hydrogen-bond donors (Lipinski definition) is 1. The molecule has 3 heterocycles. The highest BCUT2D eigenvalue weighted by molar-refractivity contribution is 5.97. The molecule has 0 radical (unpaired) electrons.